The molecule has 0 aliphatic heterocycles. The zero-order chi connectivity index (χ0) is 13.4. The Morgan fingerprint density at radius 2 is 2.17 bits per heavy atom. The summed E-state index contributed by atoms with van der Waals surface area (Å²) in [5.41, 5.74) is 5.62. The first-order valence-corrected chi connectivity index (χ1v) is 7.71. The summed E-state index contributed by atoms with van der Waals surface area (Å²) in [4.78, 5) is 12.2. The second-order valence-electron chi connectivity index (χ2n) is 5.71. The molecule has 3 nitrogen and oxygen atoms in total. The molecule has 3 atom stereocenters. The summed E-state index contributed by atoms with van der Waals surface area (Å²) in [5, 5.41) is 3.23. The average Bonchev–Trinajstić information content (AvgIpc) is 2.39. The molecule has 1 amide bonds. The van der Waals surface area contributed by atoms with Gasteiger partial charge in [0, 0.05) is 12.0 Å². The van der Waals surface area contributed by atoms with Crippen LogP contribution in [0.4, 0.5) is 0 Å². The zero-order valence-electron chi connectivity index (χ0n) is 12.1. The molecule has 0 radical (unpaired) electrons. The van der Waals surface area contributed by atoms with Crippen LogP contribution >= 0.6 is 0 Å². The molecule has 3 N–H and O–H groups in total. The molecular formula is C15H30N2O. The van der Waals surface area contributed by atoms with E-state index in [0.29, 0.717) is 12.0 Å². The van der Waals surface area contributed by atoms with Gasteiger partial charge >= 0.3 is 0 Å². The Balaban J connectivity index is 2.40. The first-order chi connectivity index (χ1) is 8.71. The predicted molar refractivity (Wildman–Crippen MR) is 76.2 cm³/mol. The Hall–Kier alpha value is -0.570. The van der Waals surface area contributed by atoms with Gasteiger partial charge in [-0.25, -0.2) is 0 Å². The van der Waals surface area contributed by atoms with Crippen molar-refractivity contribution in [1.82, 2.24) is 5.32 Å². The van der Waals surface area contributed by atoms with Gasteiger partial charge in [-0.05, 0) is 44.6 Å². The van der Waals surface area contributed by atoms with Crippen molar-refractivity contribution < 1.29 is 4.79 Å². The number of rotatable bonds is 7. The van der Waals surface area contributed by atoms with Crippen LogP contribution in [-0.2, 0) is 4.79 Å². The minimum atomic E-state index is 0.237. The van der Waals surface area contributed by atoms with Crippen LogP contribution in [-0.4, -0.2) is 18.5 Å². The van der Waals surface area contributed by atoms with Crippen molar-refractivity contribution >= 4 is 5.91 Å². The van der Waals surface area contributed by atoms with Crippen LogP contribution < -0.4 is 11.1 Å². The predicted octanol–water partition coefficient (Wildman–Crippen LogP) is 2.84. The molecule has 1 aliphatic carbocycles. The quantitative estimate of drug-likeness (QED) is 0.734. The summed E-state index contributed by atoms with van der Waals surface area (Å²) in [6.45, 7) is 5.08. The highest BCUT2D eigenvalue weighted by molar-refractivity contribution is 5.79. The topological polar surface area (TPSA) is 55.1 Å². The van der Waals surface area contributed by atoms with Gasteiger partial charge in [0.1, 0.15) is 0 Å². The van der Waals surface area contributed by atoms with Gasteiger partial charge in [0.15, 0.2) is 0 Å². The van der Waals surface area contributed by atoms with Crippen molar-refractivity contribution in [3.63, 3.8) is 0 Å². The van der Waals surface area contributed by atoms with Gasteiger partial charge < -0.3 is 11.1 Å². The second kappa shape index (κ2) is 8.52. The largest absolute Gasteiger partial charge is 0.353 e. The van der Waals surface area contributed by atoms with E-state index in [9.17, 15) is 4.79 Å². The van der Waals surface area contributed by atoms with E-state index in [-0.39, 0.29) is 11.8 Å². The molecule has 0 saturated heterocycles. The third kappa shape index (κ3) is 4.97. The molecule has 1 rings (SSSR count). The summed E-state index contributed by atoms with van der Waals surface area (Å²) in [6.07, 6.45) is 8.91. The fraction of sp³-hybridized carbons (Fsp3) is 0.933. The standard InChI is InChI=1S/C15H30N2O/c1-3-6-14(4-2)17-15(18)13-8-5-7-12(11-13)9-10-16/h12-14H,3-11,16H2,1-2H3,(H,17,18). The summed E-state index contributed by atoms with van der Waals surface area (Å²) < 4.78 is 0. The molecule has 3 heteroatoms. The van der Waals surface area contributed by atoms with Gasteiger partial charge in [0.05, 0.1) is 0 Å². The maximum Gasteiger partial charge on any atom is 0.223 e. The van der Waals surface area contributed by atoms with Crippen molar-refractivity contribution in [2.24, 2.45) is 17.6 Å². The van der Waals surface area contributed by atoms with E-state index in [0.717, 1.165) is 45.1 Å². The molecule has 0 spiro atoms. The number of carbonyl (C=O) groups is 1. The highest BCUT2D eigenvalue weighted by atomic mass is 16.1. The Morgan fingerprint density at radius 1 is 1.39 bits per heavy atom. The molecule has 0 aromatic rings. The average molecular weight is 254 g/mol. The van der Waals surface area contributed by atoms with Gasteiger partial charge in [-0.1, -0.05) is 33.1 Å². The molecule has 1 aliphatic rings. The molecule has 0 heterocycles. The molecule has 3 unspecified atom stereocenters. The smallest absolute Gasteiger partial charge is 0.223 e. The molecule has 0 aromatic heterocycles. The fourth-order valence-corrected chi connectivity index (χ4v) is 3.07. The second-order valence-corrected chi connectivity index (χ2v) is 5.71. The van der Waals surface area contributed by atoms with Crippen molar-refractivity contribution in [2.45, 2.75) is 71.3 Å². The SMILES string of the molecule is CCCC(CC)NC(=O)C1CCCC(CCN)C1. The van der Waals surface area contributed by atoms with Crippen LogP contribution in [0.1, 0.15) is 65.2 Å². The Morgan fingerprint density at radius 3 is 2.78 bits per heavy atom. The minimum Gasteiger partial charge on any atom is -0.353 e. The normalized spacial score (nSPS) is 25.7. The number of hydrogen-bond acceptors (Lipinski definition) is 2. The summed E-state index contributed by atoms with van der Waals surface area (Å²) in [5.74, 6) is 1.20. The minimum absolute atomic E-state index is 0.237. The van der Waals surface area contributed by atoms with Crippen LogP contribution in [0.3, 0.4) is 0 Å². The van der Waals surface area contributed by atoms with E-state index in [1.54, 1.807) is 0 Å². The van der Waals surface area contributed by atoms with Crippen molar-refractivity contribution in [3.8, 4) is 0 Å². The van der Waals surface area contributed by atoms with Gasteiger partial charge in [-0.2, -0.15) is 0 Å². The lowest BCUT2D eigenvalue weighted by molar-refractivity contribution is -0.127. The van der Waals surface area contributed by atoms with E-state index in [1.807, 2.05) is 0 Å². The zero-order valence-corrected chi connectivity index (χ0v) is 12.1. The van der Waals surface area contributed by atoms with Gasteiger partial charge in [0.2, 0.25) is 5.91 Å². The molecule has 18 heavy (non-hydrogen) atoms. The highest BCUT2D eigenvalue weighted by Gasteiger charge is 2.27. The van der Waals surface area contributed by atoms with Gasteiger partial charge in [-0.15, -0.1) is 0 Å². The van der Waals surface area contributed by atoms with E-state index < -0.39 is 0 Å². The number of carbonyl (C=O) groups excluding carboxylic acids is 1. The molecule has 0 bridgehead atoms. The summed E-state index contributed by atoms with van der Waals surface area (Å²) >= 11 is 0. The highest BCUT2D eigenvalue weighted by Crippen LogP contribution is 2.31. The molecule has 1 fully saturated rings. The Labute approximate surface area is 112 Å². The third-order valence-corrected chi connectivity index (χ3v) is 4.20. The maximum absolute atomic E-state index is 12.2. The van der Waals surface area contributed by atoms with Crippen molar-refractivity contribution in [1.29, 1.82) is 0 Å². The van der Waals surface area contributed by atoms with Crippen LogP contribution in [0.2, 0.25) is 0 Å². The number of nitrogens with one attached hydrogen (secondary N) is 1. The number of amides is 1. The van der Waals surface area contributed by atoms with E-state index in [2.05, 4.69) is 19.2 Å². The maximum atomic E-state index is 12.2. The van der Waals surface area contributed by atoms with E-state index in [4.69, 9.17) is 5.73 Å². The van der Waals surface area contributed by atoms with Crippen molar-refractivity contribution in [2.75, 3.05) is 6.54 Å². The van der Waals surface area contributed by atoms with E-state index in [1.165, 1.54) is 12.8 Å². The van der Waals surface area contributed by atoms with Gasteiger partial charge in [0.25, 0.3) is 0 Å². The lowest BCUT2D eigenvalue weighted by atomic mass is 9.79. The summed E-state index contributed by atoms with van der Waals surface area (Å²) in [6, 6.07) is 0.373. The van der Waals surface area contributed by atoms with Crippen LogP contribution in [0.25, 0.3) is 0 Å². The third-order valence-electron chi connectivity index (χ3n) is 4.20. The number of nitrogens with two attached hydrogens (primary N) is 1. The van der Waals surface area contributed by atoms with Crippen LogP contribution in [0, 0.1) is 11.8 Å². The summed E-state index contributed by atoms with van der Waals surface area (Å²) in [7, 11) is 0. The lowest BCUT2D eigenvalue weighted by Crippen LogP contribution is -2.40. The van der Waals surface area contributed by atoms with Gasteiger partial charge in [-0.3, -0.25) is 4.79 Å². The fourth-order valence-electron chi connectivity index (χ4n) is 3.07. The van der Waals surface area contributed by atoms with Crippen LogP contribution in [0.15, 0.2) is 0 Å². The van der Waals surface area contributed by atoms with Crippen LogP contribution in [0.5, 0.6) is 0 Å². The molecular weight excluding hydrogens is 224 g/mol. The monoisotopic (exact) mass is 254 g/mol. The lowest BCUT2D eigenvalue weighted by Gasteiger charge is -2.29. The first-order valence-electron chi connectivity index (χ1n) is 7.71. The Bertz CT molecular complexity index is 241. The van der Waals surface area contributed by atoms with E-state index >= 15 is 0 Å². The first kappa shape index (κ1) is 15.5. The number of hydrogen-bond donors (Lipinski definition) is 2. The molecule has 0 aromatic carbocycles. The molecule has 106 valence electrons. The van der Waals surface area contributed by atoms with Crippen molar-refractivity contribution in [3.05, 3.63) is 0 Å². The Kier molecular flexibility index (Phi) is 7.33. The molecule has 1 saturated carbocycles.